The third-order valence-electron chi connectivity index (χ3n) is 3.70. The average Bonchev–Trinajstić information content (AvgIpc) is 3.00. The number of ether oxygens (including phenoxy) is 2. The molecule has 0 aliphatic heterocycles. The lowest BCUT2D eigenvalue weighted by atomic mass is 10.1. The van der Waals surface area contributed by atoms with Crippen LogP contribution in [0.1, 0.15) is 27.2 Å². The summed E-state index contributed by atoms with van der Waals surface area (Å²) in [5, 5.41) is 6.89. The van der Waals surface area contributed by atoms with Crippen LogP contribution < -0.4 is 14.3 Å². The van der Waals surface area contributed by atoms with E-state index < -0.39 is 0 Å². The van der Waals surface area contributed by atoms with Gasteiger partial charge in [-0.15, -0.1) is 17.9 Å². The molecule has 2 rings (SSSR count). The Morgan fingerprint density at radius 2 is 2.08 bits per heavy atom. The van der Waals surface area contributed by atoms with Crippen molar-refractivity contribution in [2.75, 3.05) is 20.8 Å². The molecule has 6 heteroatoms. The Kier molecular flexibility index (Phi) is 7.21. The summed E-state index contributed by atoms with van der Waals surface area (Å²) in [5.41, 5.74) is 2.91. The van der Waals surface area contributed by atoms with Crippen LogP contribution in [0.2, 0.25) is 0 Å². The van der Waals surface area contributed by atoms with Crippen molar-refractivity contribution < 1.29 is 9.47 Å². The van der Waals surface area contributed by atoms with E-state index in [1.165, 1.54) is 0 Å². The van der Waals surface area contributed by atoms with Gasteiger partial charge >= 0.3 is 0 Å². The van der Waals surface area contributed by atoms with E-state index in [1.54, 1.807) is 31.6 Å². The maximum Gasteiger partial charge on any atom is 0.206 e. The highest BCUT2D eigenvalue weighted by atomic mass is 32.1. The summed E-state index contributed by atoms with van der Waals surface area (Å²) >= 11 is 1.55. The van der Waals surface area contributed by atoms with Crippen LogP contribution in [0.5, 0.6) is 11.5 Å². The minimum atomic E-state index is 0.543. The quantitative estimate of drug-likeness (QED) is 0.502. The molecule has 1 aromatic heterocycles. The van der Waals surface area contributed by atoms with E-state index in [1.807, 2.05) is 28.3 Å². The molecule has 0 atom stereocenters. The van der Waals surface area contributed by atoms with Crippen molar-refractivity contribution in [3.05, 3.63) is 41.0 Å². The third-order valence-corrected chi connectivity index (χ3v) is 4.55. The van der Waals surface area contributed by atoms with Crippen LogP contribution in [0.4, 0.5) is 0 Å². The summed E-state index contributed by atoms with van der Waals surface area (Å²) in [6.07, 6.45) is 2.71. The number of rotatable bonds is 8. The van der Waals surface area contributed by atoms with Crippen LogP contribution in [0.3, 0.4) is 0 Å². The minimum Gasteiger partial charge on any atom is -0.497 e. The normalized spacial score (nSPS) is 12.5. The first-order chi connectivity index (χ1) is 12.5. The molecule has 0 N–H and O–H groups in total. The largest absolute Gasteiger partial charge is 0.497 e. The highest BCUT2D eigenvalue weighted by Gasteiger charge is 2.14. The van der Waals surface area contributed by atoms with Gasteiger partial charge in [-0.2, -0.15) is 5.10 Å². The zero-order valence-corrected chi connectivity index (χ0v) is 17.0. The number of methoxy groups -OCH3 is 2. The molecule has 1 heterocycles. The van der Waals surface area contributed by atoms with Crippen molar-refractivity contribution in [3.63, 3.8) is 0 Å². The predicted molar refractivity (Wildman–Crippen MR) is 109 cm³/mol. The molecular weight excluding hydrogens is 346 g/mol. The fraction of sp³-hybridized carbons (Fsp3) is 0.400. The van der Waals surface area contributed by atoms with Gasteiger partial charge in [-0.05, 0) is 37.5 Å². The van der Waals surface area contributed by atoms with Gasteiger partial charge in [-0.1, -0.05) is 19.9 Å². The summed E-state index contributed by atoms with van der Waals surface area (Å²) in [6, 6.07) is 5.75. The SMILES string of the molecule is C=CCN=c1scc(-c2cc(OC)ccc2OC)n1N=C(C)CC(C)C. The van der Waals surface area contributed by atoms with Gasteiger partial charge in [-0.25, -0.2) is 4.68 Å². The molecule has 0 bridgehead atoms. The molecule has 0 saturated carbocycles. The molecule has 140 valence electrons. The molecule has 1 aromatic carbocycles. The van der Waals surface area contributed by atoms with E-state index in [0.29, 0.717) is 12.5 Å². The first kappa shape index (κ1) is 20.0. The topological polar surface area (TPSA) is 48.1 Å². The standard InChI is InChI=1S/C20H27N3O2S/c1-7-10-21-20-23(22-15(4)11-14(2)3)18(13-26-20)17-12-16(24-5)8-9-19(17)25-6/h7-9,12-14H,1,10-11H2,2-6H3. The van der Waals surface area contributed by atoms with Crippen molar-refractivity contribution in [2.24, 2.45) is 16.0 Å². The van der Waals surface area contributed by atoms with Crippen LogP contribution in [0.25, 0.3) is 11.3 Å². The van der Waals surface area contributed by atoms with Crippen molar-refractivity contribution >= 4 is 17.0 Å². The van der Waals surface area contributed by atoms with Crippen LogP contribution in [-0.4, -0.2) is 31.2 Å². The van der Waals surface area contributed by atoms with Crippen molar-refractivity contribution in [1.82, 2.24) is 4.68 Å². The highest BCUT2D eigenvalue weighted by molar-refractivity contribution is 7.07. The van der Waals surface area contributed by atoms with E-state index >= 15 is 0 Å². The first-order valence-corrected chi connectivity index (χ1v) is 9.46. The second-order valence-corrected chi connectivity index (χ2v) is 7.18. The van der Waals surface area contributed by atoms with Gasteiger partial charge in [-0.3, -0.25) is 4.99 Å². The Morgan fingerprint density at radius 1 is 1.31 bits per heavy atom. The van der Waals surface area contributed by atoms with Gasteiger partial charge in [0.1, 0.15) is 11.5 Å². The number of nitrogens with zero attached hydrogens (tertiary/aromatic N) is 3. The maximum atomic E-state index is 5.55. The zero-order chi connectivity index (χ0) is 19.1. The zero-order valence-electron chi connectivity index (χ0n) is 16.2. The third kappa shape index (κ3) is 4.85. The van der Waals surface area contributed by atoms with Crippen LogP contribution in [0.15, 0.2) is 46.3 Å². The summed E-state index contributed by atoms with van der Waals surface area (Å²) in [6.45, 7) is 10.7. The van der Waals surface area contributed by atoms with E-state index in [4.69, 9.17) is 14.6 Å². The molecule has 26 heavy (non-hydrogen) atoms. The Hall–Kier alpha value is -2.34. The fourth-order valence-electron chi connectivity index (χ4n) is 2.65. The molecule has 2 aromatic rings. The average molecular weight is 374 g/mol. The maximum absolute atomic E-state index is 5.55. The van der Waals surface area contributed by atoms with Crippen LogP contribution in [0, 0.1) is 5.92 Å². The molecule has 0 aliphatic rings. The summed E-state index contributed by atoms with van der Waals surface area (Å²) in [5.74, 6) is 2.08. The fourth-order valence-corrected chi connectivity index (χ4v) is 3.48. The Balaban J connectivity index is 2.66. The molecule has 0 spiro atoms. The van der Waals surface area contributed by atoms with Gasteiger partial charge in [0.2, 0.25) is 4.80 Å². The number of thiazole rings is 1. The lowest BCUT2D eigenvalue weighted by Gasteiger charge is -2.12. The van der Waals surface area contributed by atoms with E-state index in [-0.39, 0.29) is 0 Å². The van der Waals surface area contributed by atoms with Gasteiger partial charge in [0, 0.05) is 16.7 Å². The lowest BCUT2D eigenvalue weighted by Crippen LogP contribution is -2.15. The smallest absolute Gasteiger partial charge is 0.206 e. The minimum absolute atomic E-state index is 0.543. The molecule has 0 radical (unpaired) electrons. The van der Waals surface area contributed by atoms with Crippen LogP contribution >= 0.6 is 11.3 Å². The Bertz CT molecular complexity index is 847. The van der Waals surface area contributed by atoms with Gasteiger partial charge < -0.3 is 9.47 Å². The Labute approximate surface area is 159 Å². The predicted octanol–water partition coefficient (Wildman–Crippen LogP) is 4.59. The van der Waals surface area contributed by atoms with Gasteiger partial charge in [0.15, 0.2) is 0 Å². The molecule has 0 aliphatic carbocycles. The van der Waals surface area contributed by atoms with E-state index in [2.05, 4.69) is 32.3 Å². The summed E-state index contributed by atoms with van der Waals surface area (Å²) in [7, 11) is 3.32. The monoisotopic (exact) mass is 373 g/mol. The highest BCUT2D eigenvalue weighted by Crippen LogP contribution is 2.33. The molecule has 0 fully saturated rings. The van der Waals surface area contributed by atoms with Crippen molar-refractivity contribution in [1.29, 1.82) is 0 Å². The second kappa shape index (κ2) is 9.38. The molecule has 0 saturated heterocycles. The number of aromatic nitrogens is 1. The van der Waals surface area contributed by atoms with E-state index in [9.17, 15) is 0 Å². The molecule has 0 unspecified atom stereocenters. The van der Waals surface area contributed by atoms with Gasteiger partial charge in [0.25, 0.3) is 0 Å². The molecule has 5 nitrogen and oxygen atoms in total. The van der Waals surface area contributed by atoms with Crippen molar-refractivity contribution in [3.8, 4) is 22.8 Å². The second-order valence-electron chi connectivity index (χ2n) is 6.34. The number of hydrogen-bond donors (Lipinski definition) is 0. The van der Waals surface area contributed by atoms with Crippen molar-refractivity contribution in [2.45, 2.75) is 27.2 Å². The number of benzene rings is 1. The molecule has 0 amide bonds. The lowest BCUT2D eigenvalue weighted by molar-refractivity contribution is 0.404. The van der Waals surface area contributed by atoms with E-state index in [0.717, 1.165) is 39.7 Å². The summed E-state index contributed by atoms with van der Waals surface area (Å²) in [4.78, 5) is 5.41. The molecular formula is C20H27N3O2S. The Morgan fingerprint density at radius 3 is 2.69 bits per heavy atom. The van der Waals surface area contributed by atoms with Gasteiger partial charge in [0.05, 0.1) is 26.5 Å². The number of hydrogen-bond acceptors (Lipinski definition) is 5. The summed E-state index contributed by atoms with van der Waals surface area (Å²) < 4.78 is 12.8. The first-order valence-electron chi connectivity index (χ1n) is 8.58. The van der Waals surface area contributed by atoms with Crippen LogP contribution in [-0.2, 0) is 0 Å².